The van der Waals surface area contributed by atoms with Crippen molar-refractivity contribution in [2.45, 2.75) is 78.6 Å². The van der Waals surface area contributed by atoms with Crippen molar-refractivity contribution in [1.82, 2.24) is 34.6 Å². The number of methoxy groups -OCH3 is 2. The van der Waals surface area contributed by atoms with Crippen LogP contribution in [0.3, 0.4) is 0 Å². The van der Waals surface area contributed by atoms with E-state index in [9.17, 15) is 19.2 Å². The smallest absolute Gasteiger partial charge is 0.409 e. The summed E-state index contributed by atoms with van der Waals surface area (Å²) in [6.07, 6.45) is 0.547. The Bertz CT molecular complexity index is 2220. The maximum atomic E-state index is 14.0. The molecule has 0 saturated carbocycles. The first-order chi connectivity index (χ1) is 28.6. The lowest BCUT2D eigenvalue weighted by atomic mass is 9.99. The molecule has 0 bridgehead atoms. The fraction of sp³-hybridized carbons (Fsp3) is 0.468. The van der Waals surface area contributed by atoms with E-state index in [1.54, 1.807) is 14.1 Å². The molecule has 2 aromatic heterocycles. The minimum Gasteiger partial charge on any atom is -0.453 e. The highest BCUT2D eigenvalue weighted by atomic mass is 16.5. The molecule has 7 rings (SSSR count). The average molecular weight is 818 g/mol. The van der Waals surface area contributed by atoms with Crippen LogP contribution in [0, 0.1) is 23.7 Å². The predicted molar refractivity (Wildman–Crippen MR) is 233 cm³/mol. The molecule has 13 heteroatoms. The van der Waals surface area contributed by atoms with Crippen molar-refractivity contribution in [3.8, 4) is 22.3 Å². The normalized spacial score (nSPS) is 20.3. The zero-order valence-corrected chi connectivity index (χ0v) is 36.5. The number of nitrogens with zero attached hydrogens (tertiary/aromatic N) is 5. The summed E-state index contributed by atoms with van der Waals surface area (Å²) in [5, 5.41) is 1.07. The molecule has 2 fully saturated rings. The van der Waals surface area contributed by atoms with Crippen molar-refractivity contribution in [1.29, 1.82) is 0 Å². The monoisotopic (exact) mass is 817 g/mol. The van der Waals surface area contributed by atoms with Gasteiger partial charge in [0.1, 0.15) is 17.9 Å². The Morgan fingerprint density at radius 3 is 1.67 bits per heavy atom. The predicted octanol–water partition coefficient (Wildman–Crippen LogP) is 8.64. The molecule has 0 aliphatic carbocycles. The van der Waals surface area contributed by atoms with Gasteiger partial charge in [0.05, 0.1) is 37.3 Å². The summed E-state index contributed by atoms with van der Waals surface area (Å²) in [4.78, 5) is 71.6. The molecule has 2 saturated heterocycles. The molecule has 4 heterocycles. The van der Waals surface area contributed by atoms with E-state index in [1.165, 1.54) is 24.0 Å². The van der Waals surface area contributed by atoms with Crippen LogP contribution < -0.4 is 0 Å². The van der Waals surface area contributed by atoms with Gasteiger partial charge in [-0.1, -0.05) is 77.9 Å². The van der Waals surface area contributed by atoms with Gasteiger partial charge in [0, 0.05) is 43.8 Å². The lowest BCUT2D eigenvalue weighted by Gasteiger charge is -2.34. The number of fused-ring (bicyclic) bond motifs is 2. The highest BCUT2D eigenvalue weighted by Crippen LogP contribution is 2.40. The first kappa shape index (κ1) is 42.3. The second-order valence-corrected chi connectivity index (χ2v) is 17.7. The molecule has 2 aliphatic rings. The largest absolute Gasteiger partial charge is 0.453 e. The van der Waals surface area contributed by atoms with E-state index in [1.807, 2.05) is 43.6 Å². The third kappa shape index (κ3) is 8.05. The van der Waals surface area contributed by atoms with Gasteiger partial charge in [0.2, 0.25) is 11.8 Å². The van der Waals surface area contributed by atoms with Crippen molar-refractivity contribution < 1.29 is 28.7 Å². The highest BCUT2D eigenvalue weighted by Gasteiger charge is 2.43. The first-order valence-corrected chi connectivity index (χ1v) is 21.1. The number of benzene rings is 3. The van der Waals surface area contributed by atoms with E-state index in [-0.39, 0.29) is 41.7 Å². The number of ether oxygens (including phenoxy) is 2. The van der Waals surface area contributed by atoms with Crippen LogP contribution in [-0.2, 0) is 19.1 Å². The average Bonchev–Trinajstić information content (AvgIpc) is 4.03. The molecule has 4 amide bonds. The van der Waals surface area contributed by atoms with Crippen LogP contribution in [0.1, 0.15) is 78.0 Å². The van der Waals surface area contributed by atoms with Crippen LogP contribution >= 0.6 is 0 Å². The maximum Gasteiger partial charge on any atom is 0.409 e. The minimum atomic E-state index is -0.651. The number of amides is 4. The second-order valence-electron chi connectivity index (χ2n) is 17.7. The Hall–Kier alpha value is -5.85. The summed E-state index contributed by atoms with van der Waals surface area (Å²) in [5.41, 5.74) is 8.00. The molecular weight excluding hydrogens is 759 g/mol. The fourth-order valence-corrected chi connectivity index (χ4v) is 9.52. The molecule has 13 nitrogen and oxygen atoms in total. The summed E-state index contributed by atoms with van der Waals surface area (Å²) in [6.45, 7) is 13.3. The van der Waals surface area contributed by atoms with Gasteiger partial charge in [-0.15, -0.1) is 0 Å². The number of aromatic nitrogens is 3. The maximum absolute atomic E-state index is 14.0. The van der Waals surface area contributed by atoms with E-state index in [2.05, 4.69) is 84.5 Å². The zero-order valence-electron chi connectivity index (χ0n) is 36.5. The molecule has 3 aromatic carbocycles. The Balaban J connectivity index is 1.09. The van der Waals surface area contributed by atoms with Crippen molar-refractivity contribution in [3.05, 3.63) is 78.2 Å². The van der Waals surface area contributed by atoms with Crippen molar-refractivity contribution in [2.75, 3.05) is 41.4 Å². The highest BCUT2D eigenvalue weighted by molar-refractivity contribution is 5.89. The summed E-state index contributed by atoms with van der Waals surface area (Å²) >= 11 is 0. The van der Waals surface area contributed by atoms with E-state index >= 15 is 0 Å². The van der Waals surface area contributed by atoms with Gasteiger partial charge in [-0.2, -0.15) is 0 Å². The third-order valence-corrected chi connectivity index (χ3v) is 12.5. The minimum absolute atomic E-state index is 0.0672. The summed E-state index contributed by atoms with van der Waals surface area (Å²) in [7, 11) is 5.91. The molecular formula is C47H59N7O6. The van der Waals surface area contributed by atoms with Crippen LogP contribution in [0.15, 0.2) is 66.7 Å². The molecule has 2 aliphatic heterocycles. The van der Waals surface area contributed by atoms with Gasteiger partial charge in [0.25, 0.3) is 0 Å². The number of imidazole rings is 1. The number of carbonyl (C=O) groups is 4. The lowest BCUT2D eigenvalue weighted by molar-refractivity contribution is -0.139. The van der Waals surface area contributed by atoms with Gasteiger partial charge in [-0.05, 0) is 89.1 Å². The molecule has 318 valence electrons. The molecule has 6 atom stereocenters. The summed E-state index contributed by atoms with van der Waals surface area (Å²) < 4.78 is 9.91. The Morgan fingerprint density at radius 1 is 0.650 bits per heavy atom. The van der Waals surface area contributed by atoms with Crippen molar-refractivity contribution in [2.24, 2.45) is 23.7 Å². The zero-order chi connectivity index (χ0) is 43.2. The summed E-state index contributed by atoms with van der Waals surface area (Å²) in [5.74, 6) is 0.981. The molecule has 0 spiro atoms. The number of rotatable bonds is 10. The summed E-state index contributed by atoms with van der Waals surface area (Å²) in [6, 6.07) is 21.6. The number of likely N-dealkylation sites (N-methyl/N-ethyl adjacent to an activating group) is 2. The van der Waals surface area contributed by atoms with Gasteiger partial charge < -0.3 is 29.2 Å². The third-order valence-electron chi connectivity index (χ3n) is 12.5. The number of likely N-dealkylation sites (tertiary alicyclic amines) is 2. The SMILES string of the molecule is COC(=O)N(C)[C@H](C(=O)N1C[C@@H](C)C[C@H]1c1cc2cc(-c3ccc(-c4ccc5nc([C@@H]6C[C@H](C)CN6C(=O)[C@H](C(C)C)N(C)C(=O)OC)[nH]c5c4)cc3)ccc2[nH]1)C(C)C. The van der Waals surface area contributed by atoms with E-state index < -0.39 is 24.3 Å². The topological polar surface area (TPSA) is 144 Å². The van der Waals surface area contributed by atoms with E-state index in [4.69, 9.17) is 14.5 Å². The van der Waals surface area contributed by atoms with Crippen LogP contribution in [-0.4, -0.2) is 112 Å². The van der Waals surface area contributed by atoms with Crippen LogP contribution in [0.5, 0.6) is 0 Å². The number of aromatic amines is 2. The molecule has 60 heavy (non-hydrogen) atoms. The number of nitrogens with one attached hydrogen (secondary N) is 2. The van der Waals surface area contributed by atoms with Gasteiger partial charge in [0.15, 0.2) is 0 Å². The fourth-order valence-electron chi connectivity index (χ4n) is 9.52. The van der Waals surface area contributed by atoms with Crippen molar-refractivity contribution in [3.63, 3.8) is 0 Å². The Kier molecular flexibility index (Phi) is 12.0. The Morgan fingerprint density at radius 2 is 1.13 bits per heavy atom. The quantitative estimate of drug-likeness (QED) is 0.144. The van der Waals surface area contributed by atoms with Gasteiger partial charge >= 0.3 is 12.2 Å². The number of hydrogen-bond acceptors (Lipinski definition) is 7. The standard InChI is InChI=1S/C47H59N7O6/c1-26(2)41(51(7)46(57)59-9)44(55)53-24-28(5)19-39(53)38-23-34-21-32(15-17-35(34)48-38)30-11-13-31(14-12-30)33-16-18-36-37(22-33)50-43(49-36)40-20-29(6)25-54(40)45(56)42(27(3)4)52(8)47(58)60-10/h11-18,21-23,26-29,39-42,48H,19-20,24-25H2,1-10H3,(H,49,50)/t28-,29-,39-,40-,41-,42-/m0/s1. The van der Waals surface area contributed by atoms with Crippen LogP contribution in [0.4, 0.5) is 9.59 Å². The van der Waals surface area contributed by atoms with E-state index in [0.29, 0.717) is 19.0 Å². The van der Waals surface area contributed by atoms with E-state index in [0.717, 1.165) is 68.6 Å². The Labute approximate surface area is 352 Å². The number of hydrogen-bond donors (Lipinski definition) is 2. The molecule has 2 N–H and O–H groups in total. The molecule has 5 aromatic rings. The van der Waals surface area contributed by atoms with Gasteiger partial charge in [-0.25, -0.2) is 14.6 Å². The molecule has 0 unspecified atom stereocenters. The van der Waals surface area contributed by atoms with Crippen molar-refractivity contribution >= 4 is 45.9 Å². The van der Waals surface area contributed by atoms with Gasteiger partial charge in [-0.3, -0.25) is 19.4 Å². The number of carbonyl (C=O) groups excluding carboxylic acids is 4. The first-order valence-electron chi connectivity index (χ1n) is 21.1. The molecule has 0 radical (unpaired) electrons. The second kappa shape index (κ2) is 17.0. The number of H-pyrrole nitrogens is 2. The van der Waals surface area contributed by atoms with Crippen LogP contribution in [0.25, 0.3) is 44.2 Å². The van der Waals surface area contributed by atoms with Crippen LogP contribution in [0.2, 0.25) is 0 Å². The lowest BCUT2D eigenvalue weighted by Crippen LogP contribution is -2.52.